The largest absolute Gasteiger partial charge is 0.496 e. The third kappa shape index (κ3) is 2.81. The van der Waals surface area contributed by atoms with Crippen molar-refractivity contribution in [3.05, 3.63) is 17.7 Å². The lowest BCUT2D eigenvalue weighted by Crippen LogP contribution is -2.20. The number of hydrogen-bond acceptors (Lipinski definition) is 5. The Balaban J connectivity index is 3.28. The highest BCUT2D eigenvalue weighted by atomic mass is 16.5. The first-order valence-corrected chi connectivity index (χ1v) is 5.19. The Labute approximate surface area is 102 Å². The lowest BCUT2D eigenvalue weighted by Gasteiger charge is -2.22. The summed E-state index contributed by atoms with van der Waals surface area (Å²) in [6.07, 6.45) is -0.759. The Bertz CT molecular complexity index is 379. The van der Waals surface area contributed by atoms with Crippen LogP contribution in [0.15, 0.2) is 12.1 Å². The van der Waals surface area contributed by atoms with Gasteiger partial charge in [0.05, 0.1) is 21.3 Å². The van der Waals surface area contributed by atoms with Gasteiger partial charge in [-0.1, -0.05) is 0 Å². The average Bonchev–Trinajstić information content (AvgIpc) is 2.35. The SMILES string of the molecule is COc1cc(OC)c(C(O)N(C)C)cc1OC. The number of aliphatic hydroxyl groups excluding tert-OH is 1. The van der Waals surface area contributed by atoms with Crippen LogP contribution in [0, 0.1) is 0 Å². The molecule has 0 aromatic heterocycles. The van der Waals surface area contributed by atoms with E-state index in [0.717, 1.165) is 0 Å². The molecule has 0 amide bonds. The van der Waals surface area contributed by atoms with Crippen LogP contribution < -0.4 is 14.2 Å². The highest BCUT2D eigenvalue weighted by molar-refractivity contribution is 5.51. The van der Waals surface area contributed by atoms with Crippen molar-refractivity contribution in [3.63, 3.8) is 0 Å². The van der Waals surface area contributed by atoms with Crippen molar-refractivity contribution < 1.29 is 19.3 Å². The number of hydrogen-bond donors (Lipinski definition) is 1. The molecule has 0 saturated carbocycles. The maximum absolute atomic E-state index is 10.0. The monoisotopic (exact) mass is 241 g/mol. The summed E-state index contributed by atoms with van der Waals surface area (Å²) in [5, 5.41) is 10.0. The normalized spacial score (nSPS) is 12.4. The van der Waals surface area contributed by atoms with Crippen molar-refractivity contribution in [2.45, 2.75) is 6.23 Å². The third-order valence-corrected chi connectivity index (χ3v) is 2.50. The molecule has 0 spiro atoms. The van der Waals surface area contributed by atoms with Crippen molar-refractivity contribution in [1.82, 2.24) is 4.90 Å². The van der Waals surface area contributed by atoms with Gasteiger partial charge in [0.1, 0.15) is 12.0 Å². The van der Waals surface area contributed by atoms with Gasteiger partial charge in [-0.05, 0) is 20.2 Å². The lowest BCUT2D eigenvalue weighted by molar-refractivity contribution is 0.0372. The van der Waals surface area contributed by atoms with E-state index >= 15 is 0 Å². The van der Waals surface area contributed by atoms with E-state index in [2.05, 4.69) is 0 Å². The van der Waals surface area contributed by atoms with Crippen LogP contribution >= 0.6 is 0 Å². The van der Waals surface area contributed by atoms with Gasteiger partial charge in [0.15, 0.2) is 11.5 Å². The van der Waals surface area contributed by atoms with Gasteiger partial charge < -0.3 is 19.3 Å². The van der Waals surface area contributed by atoms with Gasteiger partial charge in [-0.25, -0.2) is 0 Å². The third-order valence-electron chi connectivity index (χ3n) is 2.50. The molecule has 1 atom stereocenters. The summed E-state index contributed by atoms with van der Waals surface area (Å²) in [5.41, 5.74) is 0.634. The van der Waals surface area contributed by atoms with Crippen LogP contribution in [0.4, 0.5) is 0 Å². The second-order valence-corrected chi connectivity index (χ2v) is 3.79. The van der Waals surface area contributed by atoms with Crippen molar-refractivity contribution >= 4 is 0 Å². The zero-order valence-electron chi connectivity index (χ0n) is 10.9. The molecule has 5 heteroatoms. The van der Waals surface area contributed by atoms with E-state index in [1.807, 2.05) is 0 Å². The molecule has 0 aliphatic rings. The van der Waals surface area contributed by atoms with Crippen molar-refractivity contribution in [2.75, 3.05) is 35.4 Å². The van der Waals surface area contributed by atoms with Crippen molar-refractivity contribution in [1.29, 1.82) is 0 Å². The first-order chi connectivity index (χ1) is 8.04. The molecule has 1 rings (SSSR count). The molecule has 1 unspecified atom stereocenters. The van der Waals surface area contributed by atoms with E-state index in [1.54, 1.807) is 52.5 Å². The maximum atomic E-state index is 10.0. The van der Waals surface area contributed by atoms with E-state index in [1.165, 1.54) is 0 Å². The number of methoxy groups -OCH3 is 3. The van der Waals surface area contributed by atoms with Gasteiger partial charge in [-0.3, -0.25) is 4.90 Å². The van der Waals surface area contributed by atoms with Crippen LogP contribution in [0.1, 0.15) is 11.8 Å². The fraction of sp³-hybridized carbons (Fsp3) is 0.500. The lowest BCUT2D eigenvalue weighted by atomic mass is 10.1. The predicted octanol–water partition coefficient (Wildman–Crippen LogP) is 1.26. The van der Waals surface area contributed by atoms with Gasteiger partial charge >= 0.3 is 0 Å². The number of ether oxygens (including phenoxy) is 3. The standard InChI is InChI=1S/C12H19NO4/c1-13(2)12(14)8-6-10(16-4)11(17-5)7-9(8)15-3/h6-7,12,14H,1-5H3. The zero-order valence-corrected chi connectivity index (χ0v) is 10.9. The van der Waals surface area contributed by atoms with Gasteiger partial charge in [-0.15, -0.1) is 0 Å². The molecule has 0 radical (unpaired) electrons. The minimum Gasteiger partial charge on any atom is -0.496 e. The molecule has 1 N–H and O–H groups in total. The summed E-state index contributed by atoms with van der Waals surface area (Å²) >= 11 is 0. The number of aliphatic hydroxyl groups is 1. The van der Waals surface area contributed by atoms with Crippen molar-refractivity contribution in [2.24, 2.45) is 0 Å². The molecule has 17 heavy (non-hydrogen) atoms. The zero-order chi connectivity index (χ0) is 13.0. The second-order valence-electron chi connectivity index (χ2n) is 3.79. The molecular weight excluding hydrogens is 222 g/mol. The Hall–Kier alpha value is -1.46. The Morgan fingerprint density at radius 1 is 0.941 bits per heavy atom. The topological polar surface area (TPSA) is 51.2 Å². The smallest absolute Gasteiger partial charge is 0.164 e. The highest BCUT2D eigenvalue weighted by Crippen LogP contribution is 2.37. The van der Waals surface area contributed by atoms with Crippen LogP contribution in [-0.2, 0) is 0 Å². The van der Waals surface area contributed by atoms with Crippen LogP contribution in [0.5, 0.6) is 17.2 Å². The molecule has 0 aliphatic heterocycles. The van der Waals surface area contributed by atoms with Crippen LogP contribution in [0.3, 0.4) is 0 Å². The highest BCUT2D eigenvalue weighted by Gasteiger charge is 2.19. The maximum Gasteiger partial charge on any atom is 0.164 e. The van der Waals surface area contributed by atoms with Crippen LogP contribution in [0.2, 0.25) is 0 Å². The number of rotatable bonds is 5. The summed E-state index contributed by atoms with van der Waals surface area (Å²) in [6, 6.07) is 3.41. The Kier molecular flexibility index (Phi) is 4.60. The average molecular weight is 241 g/mol. The molecule has 0 heterocycles. The molecule has 5 nitrogen and oxygen atoms in total. The summed E-state index contributed by atoms with van der Waals surface area (Å²) in [7, 11) is 8.21. The Morgan fingerprint density at radius 2 is 1.41 bits per heavy atom. The number of benzene rings is 1. The summed E-state index contributed by atoms with van der Waals surface area (Å²) < 4.78 is 15.6. The fourth-order valence-corrected chi connectivity index (χ4v) is 1.53. The van der Waals surface area contributed by atoms with E-state index in [-0.39, 0.29) is 0 Å². The minimum absolute atomic E-state index is 0.559. The summed E-state index contributed by atoms with van der Waals surface area (Å²) in [4.78, 5) is 1.67. The van der Waals surface area contributed by atoms with E-state index in [4.69, 9.17) is 14.2 Å². The molecule has 1 aromatic carbocycles. The molecule has 0 bridgehead atoms. The van der Waals surface area contributed by atoms with Crippen molar-refractivity contribution in [3.8, 4) is 17.2 Å². The molecule has 0 fully saturated rings. The van der Waals surface area contributed by atoms with Gasteiger partial charge in [0, 0.05) is 11.6 Å². The minimum atomic E-state index is -0.759. The summed E-state index contributed by atoms with van der Waals surface area (Å²) in [6.45, 7) is 0. The summed E-state index contributed by atoms with van der Waals surface area (Å²) in [5.74, 6) is 1.69. The first kappa shape index (κ1) is 13.6. The molecular formula is C12H19NO4. The molecule has 1 aromatic rings. The Morgan fingerprint density at radius 3 is 1.82 bits per heavy atom. The van der Waals surface area contributed by atoms with Crippen LogP contribution in [-0.4, -0.2) is 45.4 Å². The number of nitrogens with zero attached hydrogens (tertiary/aromatic N) is 1. The van der Waals surface area contributed by atoms with E-state index < -0.39 is 6.23 Å². The molecule has 96 valence electrons. The van der Waals surface area contributed by atoms with Crippen LogP contribution in [0.25, 0.3) is 0 Å². The quantitative estimate of drug-likeness (QED) is 0.787. The van der Waals surface area contributed by atoms with E-state index in [9.17, 15) is 5.11 Å². The van der Waals surface area contributed by atoms with E-state index in [0.29, 0.717) is 22.8 Å². The molecule has 0 aliphatic carbocycles. The predicted molar refractivity (Wildman–Crippen MR) is 64.7 cm³/mol. The second kappa shape index (κ2) is 5.75. The first-order valence-electron chi connectivity index (χ1n) is 5.19. The van der Waals surface area contributed by atoms with Gasteiger partial charge in [0.2, 0.25) is 0 Å². The molecule has 0 saturated heterocycles. The van der Waals surface area contributed by atoms with Gasteiger partial charge in [0.25, 0.3) is 0 Å². The fourth-order valence-electron chi connectivity index (χ4n) is 1.53. The van der Waals surface area contributed by atoms with Gasteiger partial charge in [-0.2, -0.15) is 0 Å².